The summed E-state index contributed by atoms with van der Waals surface area (Å²) >= 11 is 1.23. The fourth-order valence-electron chi connectivity index (χ4n) is 3.43. The highest BCUT2D eigenvalue weighted by Crippen LogP contribution is 2.25. The number of carbonyl (C=O) groups excluding carboxylic acids is 1. The zero-order chi connectivity index (χ0) is 24.8. The number of ether oxygens (including phenoxy) is 1. The first kappa shape index (κ1) is 24.0. The summed E-state index contributed by atoms with van der Waals surface area (Å²) in [5.41, 5.74) is 1.96. The third-order valence-electron chi connectivity index (χ3n) is 5.17. The SMILES string of the molecule is CCc1ccc(NC(=O)CSc2nnc(Cc3cc(=O)[nH]c(=O)[nH]3)n2-c2ccc(OC)cc2)cc1. The lowest BCUT2D eigenvalue weighted by atomic mass is 10.1. The molecule has 2 aromatic carbocycles. The Hall–Kier alpha value is -4.12. The van der Waals surface area contributed by atoms with E-state index < -0.39 is 11.2 Å². The number of benzene rings is 2. The van der Waals surface area contributed by atoms with Gasteiger partial charge < -0.3 is 15.0 Å². The molecular formula is C24H24N6O4S. The molecule has 1 amide bonds. The van der Waals surface area contributed by atoms with Crippen LogP contribution in [0.5, 0.6) is 5.75 Å². The number of rotatable bonds is 9. The van der Waals surface area contributed by atoms with Crippen molar-refractivity contribution in [1.82, 2.24) is 24.7 Å². The summed E-state index contributed by atoms with van der Waals surface area (Å²) in [4.78, 5) is 40.7. The van der Waals surface area contributed by atoms with Crippen LogP contribution >= 0.6 is 11.8 Å². The Balaban J connectivity index is 1.57. The van der Waals surface area contributed by atoms with Crippen molar-refractivity contribution < 1.29 is 9.53 Å². The standard InChI is InChI=1S/C24H24N6O4S/c1-3-15-4-6-16(7-5-15)25-22(32)14-35-24-29-28-20(12-17-13-21(31)27-23(33)26-17)30(24)18-8-10-19(34-2)11-9-18/h4-11,13H,3,12,14H2,1-2H3,(H,25,32)(H2,26,27,31,33). The number of anilines is 1. The molecule has 0 radical (unpaired) electrons. The predicted molar refractivity (Wildman–Crippen MR) is 134 cm³/mol. The molecule has 3 N–H and O–H groups in total. The predicted octanol–water partition coefficient (Wildman–Crippen LogP) is 2.54. The number of amides is 1. The van der Waals surface area contributed by atoms with E-state index in [4.69, 9.17) is 4.74 Å². The van der Waals surface area contributed by atoms with Gasteiger partial charge in [0.25, 0.3) is 5.56 Å². The molecule has 0 atom stereocenters. The number of hydrogen-bond donors (Lipinski definition) is 3. The van der Waals surface area contributed by atoms with Crippen LogP contribution in [0.15, 0.2) is 69.3 Å². The van der Waals surface area contributed by atoms with Gasteiger partial charge in [-0.05, 0) is 48.4 Å². The van der Waals surface area contributed by atoms with Gasteiger partial charge in [0.2, 0.25) is 5.91 Å². The summed E-state index contributed by atoms with van der Waals surface area (Å²) in [6.45, 7) is 2.07. The number of aromatic nitrogens is 5. The normalized spacial score (nSPS) is 10.8. The lowest BCUT2D eigenvalue weighted by Crippen LogP contribution is -2.23. The third-order valence-corrected chi connectivity index (χ3v) is 6.10. The molecule has 0 aliphatic heterocycles. The van der Waals surface area contributed by atoms with Crippen LogP contribution in [0.4, 0.5) is 5.69 Å². The van der Waals surface area contributed by atoms with E-state index >= 15 is 0 Å². The number of hydrogen-bond acceptors (Lipinski definition) is 7. The molecule has 0 unspecified atom stereocenters. The monoisotopic (exact) mass is 492 g/mol. The van der Waals surface area contributed by atoms with Crippen LogP contribution in [0.25, 0.3) is 5.69 Å². The minimum absolute atomic E-state index is 0.117. The second kappa shape index (κ2) is 10.9. The van der Waals surface area contributed by atoms with E-state index in [0.717, 1.165) is 17.8 Å². The number of nitrogens with one attached hydrogen (secondary N) is 3. The molecule has 10 nitrogen and oxygen atoms in total. The minimum atomic E-state index is -0.596. The first-order valence-corrected chi connectivity index (χ1v) is 11.9. The van der Waals surface area contributed by atoms with Crippen LogP contribution in [0.3, 0.4) is 0 Å². The quantitative estimate of drug-likeness (QED) is 0.306. The molecule has 0 spiro atoms. The Bertz CT molecular complexity index is 1400. The van der Waals surface area contributed by atoms with E-state index in [1.807, 2.05) is 36.4 Å². The van der Waals surface area contributed by atoms with E-state index in [9.17, 15) is 14.4 Å². The van der Waals surface area contributed by atoms with Crippen molar-refractivity contribution in [3.05, 3.63) is 92.5 Å². The molecule has 0 aliphatic carbocycles. The van der Waals surface area contributed by atoms with Crippen molar-refractivity contribution in [1.29, 1.82) is 0 Å². The van der Waals surface area contributed by atoms with E-state index in [0.29, 0.717) is 22.4 Å². The lowest BCUT2D eigenvalue weighted by Gasteiger charge is -2.11. The summed E-state index contributed by atoms with van der Waals surface area (Å²) in [6.07, 6.45) is 1.09. The lowest BCUT2D eigenvalue weighted by molar-refractivity contribution is -0.113. The van der Waals surface area contributed by atoms with Gasteiger partial charge in [0, 0.05) is 29.6 Å². The van der Waals surface area contributed by atoms with Crippen molar-refractivity contribution in [2.24, 2.45) is 0 Å². The molecule has 11 heteroatoms. The molecule has 4 aromatic rings. The number of nitrogens with zero attached hydrogens (tertiary/aromatic N) is 3. The maximum Gasteiger partial charge on any atom is 0.325 e. The first-order valence-electron chi connectivity index (χ1n) is 10.9. The van der Waals surface area contributed by atoms with Crippen molar-refractivity contribution in [3.63, 3.8) is 0 Å². The highest BCUT2D eigenvalue weighted by Gasteiger charge is 2.17. The Labute approximate surface area is 204 Å². The Morgan fingerprint density at radius 3 is 2.46 bits per heavy atom. The van der Waals surface area contributed by atoms with Gasteiger partial charge in [-0.1, -0.05) is 30.8 Å². The van der Waals surface area contributed by atoms with E-state index in [2.05, 4.69) is 32.4 Å². The number of aromatic amines is 2. The summed E-state index contributed by atoms with van der Waals surface area (Å²) in [5, 5.41) is 11.9. The van der Waals surface area contributed by atoms with Crippen LogP contribution in [0.1, 0.15) is 24.0 Å². The van der Waals surface area contributed by atoms with Gasteiger partial charge in [-0.25, -0.2) is 4.79 Å². The highest BCUT2D eigenvalue weighted by molar-refractivity contribution is 7.99. The molecule has 0 fully saturated rings. The van der Waals surface area contributed by atoms with Gasteiger partial charge in [0.1, 0.15) is 11.6 Å². The molecule has 0 aliphatic rings. The van der Waals surface area contributed by atoms with Crippen LogP contribution in [0, 0.1) is 0 Å². The molecule has 0 saturated heterocycles. The summed E-state index contributed by atoms with van der Waals surface area (Å²) in [5.74, 6) is 1.12. The molecule has 2 heterocycles. The Kier molecular flexibility index (Phi) is 7.46. The molecule has 0 saturated carbocycles. The van der Waals surface area contributed by atoms with Crippen molar-refractivity contribution in [2.75, 3.05) is 18.2 Å². The number of aryl methyl sites for hydroxylation is 1. The van der Waals surface area contributed by atoms with Gasteiger partial charge in [0.15, 0.2) is 5.16 Å². The van der Waals surface area contributed by atoms with Gasteiger partial charge >= 0.3 is 5.69 Å². The van der Waals surface area contributed by atoms with Gasteiger partial charge in [-0.2, -0.15) is 0 Å². The average Bonchev–Trinajstić information content (AvgIpc) is 3.24. The summed E-state index contributed by atoms with van der Waals surface area (Å²) in [6, 6.07) is 16.3. The second-order valence-electron chi connectivity index (χ2n) is 7.61. The fraction of sp³-hybridized carbons (Fsp3) is 0.208. The topological polar surface area (TPSA) is 135 Å². The van der Waals surface area contributed by atoms with E-state index in [1.54, 1.807) is 23.8 Å². The number of methoxy groups -OCH3 is 1. The molecule has 2 aromatic heterocycles. The largest absolute Gasteiger partial charge is 0.497 e. The molecular weight excluding hydrogens is 468 g/mol. The highest BCUT2D eigenvalue weighted by atomic mass is 32.2. The third kappa shape index (κ3) is 6.07. The summed E-state index contributed by atoms with van der Waals surface area (Å²) < 4.78 is 7.03. The van der Waals surface area contributed by atoms with Crippen LogP contribution in [-0.2, 0) is 17.6 Å². The Morgan fingerprint density at radius 1 is 1.06 bits per heavy atom. The van der Waals surface area contributed by atoms with Gasteiger partial charge in [-0.3, -0.25) is 19.1 Å². The number of H-pyrrole nitrogens is 2. The van der Waals surface area contributed by atoms with Gasteiger partial charge in [0.05, 0.1) is 12.9 Å². The van der Waals surface area contributed by atoms with Crippen molar-refractivity contribution in [2.45, 2.75) is 24.9 Å². The van der Waals surface area contributed by atoms with Crippen LogP contribution in [-0.4, -0.2) is 43.5 Å². The average molecular weight is 493 g/mol. The molecule has 35 heavy (non-hydrogen) atoms. The zero-order valence-corrected chi connectivity index (χ0v) is 20.0. The molecule has 0 bridgehead atoms. The fourth-order valence-corrected chi connectivity index (χ4v) is 4.21. The van der Waals surface area contributed by atoms with Crippen LogP contribution < -0.4 is 21.3 Å². The number of carbonyl (C=O) groups is 1. The Morgan fingerprint density at radius 2 is 1.80 bits per heavy atom. The zero-order valence-electron chi connectivity index (χ0n) is 19.2. The first-order chi connectivity index (χ1) is 16.9. The van der Waals surface area contributed by atoms with Crippen molar-refractivity contribution >= 4 is 23.4 Å². The number of thioether (sulfide) groups is 1. The maximum atomic E-state index is 12.6. The van der Waals surface area contributed by atoms with E-state index in [-0.39, 0.29) is 18.1 Å². The maximum absolute atomic E-state index is 12.6. The smallest absolute Gasteiger partial charge is 0.325 e. The van der Waals surface area contributed by atoms with E-state index in [1.165, 1.54) is 23.4 Å². The van der Waals surface area contributed by atoms with Crippen LogP contribution in [0.2, 0.25) is 0 Å². The minimum Gasteiger partial charge on any atom is -0.497 e. The van der Waals surface area contributed by atoms with Crippen molar-refractivity contribution in [3.8, 4) is 11.4 Å². The van der Waals surface area contributed by atoms with Gasteiger partial charge in [-0.15, -0.1) is 10.2 Å². The molecule has 180 valence electrons. The molecule has 4 rings (SSSR count). The second-order valence-corrected chi connectivity index (χ2v) is 8.55. The summed E-state index contributed by atoms with van der Waals surface area (Å²) in [7, 11) is 1.58.